The summed E-state index contributed by atoms with van der Waals surface area (Å²) in [6.07, 6.45) is 3.51. The third kappa shape index (κ3) is 2.88. The molecule has 3 rings (SSSR count). The summed E-state index contributed by atoms with van der Waals surface area (Å²) in [6, 6.07) is 1.82. The van der Waals surface area contributed by atoms with Gasteiger partial charge in [0, 0.05) is 48.9 Å². The average Bonchev–Trinajstić information content (AvgIpc) is 2.89. The van der Waals surface area contributed by atoms with E-state index in [0.717, 1.165) is 23.1 Å². The highest BCUT2D eigenvalue weighted by Crippen LogP contribution is 2.21. The van der Waals surface area contributed by atoms with Gasteiger partial charge in [-0.25, -0.2) is 15.0 Å². The minimum absolute atomic E-state index is 0.725. The quantitative estimate of drug-likeness (QED) is 0.860. The Bertz CT molecular complexity index is 494. The minimum atomic E-state index is 0.725. The monoisotopic (exact) mass is 278 g/mol. The molecule has 1 aliphatic heterocycles. The predicted molar refractivity (Wildman–Crippen MR) is 75.7 cm³/mol. The van der Waals surface area contributed by atoms with E-state index in [0.29, 0.717) is 0 Å². The Morgan fingerprint density at radius 3 is 2.72 bits per heavy atom. The highest BCUT2D eigenvalue weighted by molar-refractivity contribution is 7.99. The van der Waals surface area contributed by atoms with Crippen LogP contribution in [-0.2, 0) is 6.54 Å². The third-order valence-electron chi connectivity index (χ3n) is 2.80. The van der Waals surface area contributed by atoms with Crippen molar-refractivity contribution in [1.29, 1.82) is 0 Å². The molecule has 6 heteroatoms. The van der Waals surface area contributed by atoms with Crippen molar-refractivity contribution in [2.24, 2.45) is 0 Å². The van der Waals surface area contributed by atoms with Gasteiger partial charge in [0.05, 0.1) is 5.69 Å². The van der Waals surface area contributed by atoms with Crippen LogP contribution in [0.4, 0.5) is 0 Å². The summed E-state index contributed by atoms with van der Waals surface area (Å²) in [6.45, 7) is 3.28. The van der Waals surface area contributed by atoms with E-state index in [1.807, 2.05) is 17.8 Å². The van der Waals surface area contributed by atoms with E-state index in [1.165, 1.54) is 24.6 Å². The topological polar surface area (TPSA) is 41.9 Å². The van der Waals surface area contributed by atoms with Gasteiger partial charge >= 0.3 is 0 Å². The van der Waals surface area contributed by atoms with Crippen LogP contribution in [0.3, 0.4) is 0 Å². The molecule has 0 atom stereocenters. The maximum absolute atomic E-state index is 4.62. The van der Waals surface area contributed by atoms with Gasteiger partial charge in [0.2, 0.25) is 0 Å². The smallest absolute Gasteiger partial charge is 0.188 e. The molecule has 0 saturated carbocycles. The van der Waals surface area contributed by atoms with E-state index in [4.69, 9.17) is 0 Å². The largest absolute Gasteiger partial charge is 0.296 e. The zero-order valence-corrected chi connectivity index (χ0v) is 11.6. The van der Waals surface area contributed by atoms with Crippen LogP contribution in [0.15, 0.2) is 23.8 Å². The van der Waals surface area contributed by atoms with E-state index < -0.39 is 0 Å². The first kappa shape index (κ1) is 12.1. The number of rotatable bonds is 3. The van der Waals surface area contributed by atoms with Gasteiger partial charge in [-0.1, -0.05) is 0 Å². The van der Waals surface area contributed by atoms with Gasteiger partial charge in [-0.05, 0) is 6.07 Å². The van der Waals surface area contributed by atoms with Crippen molar-refractivity contribution >= 4 is 23.1 Å². The van der Waals surface area contributed by atoms with E-state index >= 15 is 0 Å². The first-order valence-corrected chi connectivity index (χ1v) is 7.97. The summed E-state index contributed by atoms with van der Waals surface area (Å²) in [7, 11) is 0. The fourth-order valence-corrected chi connectivity index (χ4v) is 3.61. The normalized spacial score (nSPS) is 16.9. The van der Waals surface area contributed by atoms with Crippen molar-refractivity contribution in [3.8, 4) is 10.8 Å². The first-order chi connectivity index (χ1) is 8.92. The van der Waals surface area contributed by atoms with E-state index in [2.05, 4.69) is 25.2 Å². The van der Waals surface area contributed by atoms with Gasteiger partial charge in [0.25, 0.3) is 0 Å². The van der Waals surface area contributed by atoms with Crippen molar-refractivity contribution in [2.75, 3.05) is 24.6 Å². The Balaban J connectivity index is 1.69. The molecular formula is C12H14N4S2. The Hall–Kier alpha value is -0.980. The second-order valence-corrected chi connectivity index (χ2v) is 6.19. The summed E-state index contributed by atoms with van der Waals surface area (Å²) in [5, 5.41) is 3.03. The molecule has 0 spiro atoms. The maximum Gasteiger partial charge on any atom is 0.188 e. The molecule has 0 N–H and O–H groups in total. The molecule has 0 radical (unpaired) electrons. The molecule has 2 aromatic heterocycles. The lowest BCUT2D eigenvalue weighted by Crippen LogP contribution is -2.32. The van der Waals surface area contributed by atoms with E-state index in [9.17, 15) is 0 Å². The lowest BCUT2D eigenvalue weighted by atomic mass is 10.4. The molecule has 0 amide bonds. The highest BCUT2D eigenvalue weighted by Gasteiger charge is 2.13. The van der Waals surface area contributed by atoms with Gasteiger partial charge in [-0.3, -0.25) is 4.90 Å². The number of nitrogens with zero attached hydrogens (tertiary/aromatic N) is 4. The highest BCUT2D eigenvalue weighted by atomic mass is 32.2. The van der Waals surface area contributed by atoms with Gasteiger partial charge in [0.15, 0.2) is 10.8 Å². The Kier molecular flexibility index (Phi) is 3.87. The van der Waals surface area contributed by atoms with Gasteiger partial charge in [-0.2, -0.15) is 11.8 Å². The second kappa shape index (κ2) is 5.77. The van der Waals surface area contributed by atoms with Crippen LogP contribution >= 0.6 is 23.1 Å². The molecular weight excluding hydrogens is 264 g/mol. The molecule has 0 unspecified atom stereocenters. The number of thioether (sulfide) groups is 1. The third-order valence-corrected chi connectivity index (χ3v) is 4.63. The first-order valence-electron chi connectivity index (χ1n) is 5.94. The molecule has 4 nitrogen and oxygen atoms in total. The van der Waals surface area contributed by atoms with E-state index in [-0.39, 0.29) is 0 Å². The lowest BCUT2D eigenvalue weighted by Gasteiger charge is -2.25. The van der Waals surface area contributed by atoms with Crippen molar-refractivity contribution in [2.45, 2.75) is 6.54 Å². The molecule has 94 valence electrons. The zero-order valence-electron chi connectivity index (χ0n) is 9.95. The van der Waals surface area contributed by atoms with Crippen LogP contribution < -0.4 is 0 Å². The summed E-state index contributed by atoms with van der Waals surface area (Å²) < 4.78 is 0. The van der Waals surface area contributed by atoms with Crippen LogP contribution in [0.5, 0.6) is 0 Å². The van der Waals surface area contributed by atoms with E-state index in [1.54, 1.807) is 23.7 Å². The van der Waals surface area contributed by atoms with Crippen molar-refractivity contribution in [3.05, 3.63) is 29.5 Å². The number of hydrogen-bond acceptors (Lipinski definition) is 6. The average molecular weight is 278 g/mol. The Morgan fingerprint density at radius 1 is 1.17 bits per heavy atom. The molecule has 0 bridgehead atoms. The van der Waals surface area contributed by atoms with Crippen LogP contribution in [0.25, 0.3) is 10.8 Å². The standard InChI is InChI=1S/C12H14N4S2/c1-2-13-11(14-3-1)12-15-10(9-18-12)8-16-4-6-17-7-5-16/h1-3,9H,4-8H2. The zero-order chi connectivity index (χ0) is 12.2. The minimum Gasteiger partial charge on any atom is -0.296 e. The molecule has 18 heavy (non-hydrogen) atoms. The number of aromatic nitrogens is 3. The summed E-state index contributed by atoms with van der Waals surface area (Å²) in [4.78, 5) is 15.5. The number of hydrogen-bond donors (Lipinski definition) is 0. The molecule has 1 aliphatic rings. The van der Waals surface area contributed by atoms with Crippen molar-refractivity contribution in [3.63, 3.8) is 0 Å². The molecule has 1 fully saturated rings. The van der Waals surface area contributed by atoms with Crippen LogP contribution in [0, 0.1) is 0 Å². The fraction of sp³-hybridized carbons (Fsp3) is 0.417. The molecule has 0 aliphatic carbocycles. The maximum atomic E-state index is 4.62. The lowest BCUT2D eigenvalue weighted by molar-refractivity contribution is 0.291. The van der Waals surface area contributed by atoms with Crippen molar-refractivity contribution < 1.29 is 0 Å². The summed E-state index contributed by atoms with van der Waals surface area (Å²) >= 11 is 3.66. The molecule has 1 saturated heterocycles. The Morgan fingerprint density at radius 2 is 1.94 bits per heavy atom. The van der Waals surface area contributed by atoms with Gasteiger partial charge in [-0.15, -0.1) is 11.3 Å². The molecule has 0 aromatic carbocycles. The molecule has 2 aromatic rings. The second-order valence-electron chi connectivity index (χ2n) is 4.10. The molecule has 3 heterocycles. The Labute approximate surface area is 114 Å². The predicted octanol–water partition coefficient (Wildman–Crippen LogP) is 2.15. The SMILES string of the molecule is c1cnc(-c2nc(CN3CCSCC3)cs2)nc1. The van der Waals surface area contributed by atoms with Crippen molar-refractivity contribution in [1.82, 2.24) is 19.9 Å². The summed E-state index contributed by atoms with van der Waals surface area (Å²) in [5.41, 5.74) is 1.13. The van der Waals surface area contributed by atoms with Gasteiger partial charge in [0.1, 0.15) is 0 Å². The van der Waals surface area contributed by atoms with Crippen LogP contribution in [-0.4, -0.2) is 44.4 Å². The summed E-state index contributed by atoms with van der Waals surface area (Å²) in [5.74, 6) is 3.19. The fourth-order valence-electron chi connectivity index (χ4n) is 1.88. The van der Waals surface area contributed by atoms with Crippen LogP contribution in [0.2, 0.25) is 0 Å². The number of thiazole rings is 1. The van der Waals surface area contributed by atoms with Crippen LogP contribution in [0.1, 0.15) is 5.69 Å². The van der Waals surface area contributed by atoms with Gasteiger partial charge < -0.3 is 0 Å².